The quantitative estimate of drug-likeness (QED) is 0.844. The lowest BCUT2D eigenvalue weighted by atomic mass is 10.2. The second-order valence-corrected chi connectivity index (χ2v) is 4.61. The molecule has 0 aliphatic rings. The molecule has 0 heterocycles. The van der Waals surface area contributed by atoms with Gasteiger partial charge in [-0.15, -0.1) is 0 Å². The molecule has 21 heavy (non-hydrogen) atoms. The fraction of sp³-hybridized carbons (Fsp3) is 0.0625. The molecule has 3 nitrogen and oxygen atoms in total. The highest BCUT2D eigenvalue weighted by Gasteiger charge is 2.08. The molecule has 0 aliphatic heterocycles. The van der Waals surface area contributed by atoms with Crippen LogP contribution in [0, 0.1) is 5.82 Å². The first-order chi connectivity index (χ1) is 10.1. The first-order valence-electron chi connectivity index (χ1n) is 6.13. The zero-order chi connectivity index (χ0) is 15.2. The molecule has 1 N–H and O–H groups in total. The molecule has 2 rings (SSSR count). The molecule has 0 unspecified atom stereocenters. The van der Waals surface area contributed by atoms with Crippen LogP contribution in [0.25, 0.3) is 6.08 Å². The summed E-state index contributed by atoms with van der Waals surface area (Å²) in [5.74, 6) is -1.04. The van der Waals surface area contributed by atoms with Crippen LogP contribution in [0.15, 0.2) is 48.5 Å². The number of aliphatic carboxylic acids is 1. The molecule has 2 aromatic rings. The molecule has 0 aliphatic carbocycles. The smallest absolute Gasteiger partial charge is 0.328 e. The third-order valence-electron chi connectivity index (χ3n) is 2.76. The van der Waals surface area contributed by atoms with Crippen LogP contribution >= 0.6 is 11.6 Å². The Morgan fingerprint density at radius 1 is 1.24 bits per heavy atom. The van der Waals surface area contributed by atoms with E-state index in [0.29, 0.717) is 11.3 Å². The average Bonchev–Trinajstić information content (AvgIpc) is 2.45. The molecule has 0 atom stereocenters. The van der Waals surface area contributed by atoms with Crippen LogP contribution in [0.1, 0.15) is 11.1 Å². The van der Waals surface area contributed by atoms with Crippen molar-refractivity contribution >= 4 is 23.6 Å². The summed E-state index contributed by atoms with van der Waals surface area (Å²) in [5, 5.41) is 8.94. The molecule has 0 radical (unpaired) electrons. The van der Waals surface area contributed by atoms with Gasteiger partial charge in [0.1, 0.15) is 18.2 Å². The van der Waals surface area contributed by atoms with Gasteiger partial charge in [0.15, 0.2) is 0 Å². The second kappa shape index (κ2) is 6.90. The van der Waals surface area contributed by atoms with Gasteiger partial charge in [0, 0.05) is 17.2 Å². The zero-order valence-electron chi connectivity index (χ0n) is 10.9. The largest absolute Gasteiger partial charge is 0.488 e. The molecule has 0 saturated heterocycles. The topological polar surface area (TPSA) is 46.5 Å². The number of carboxylic acids is 1. The van der Waals surface area contributed by atoms with Crippen molar-refractivity contribution in [2.75, 3.05) is 0 Å². The molecule has 2 aromatic carbocycles. The van der Waals surface area contributed by atoms with E-state index in [2.05, 4.69) is 0 Å². The summed E-state index contributed by atoms with van der Waals surface area (Å²) in [4.78, 5) is 10.6. The van der Waals surface area contributed by atoms with Crippen molar-refractivity contribution < 1.29 is 19.0 Å². The van der Waals surface area contributed by atoms with E-state index in [1.807, 2.05) is 0 Å². The molecular weight excluding hydrogens is 295 g/mol. The van der Waals surface area contributed by atoms with Crippen molar-refractivity contribution in [3.05, 3.63) is 70.5 Å². The van der Waals surface area contributed by atoms with Crippen molar-refractivity contribution in [3.8, 4) is 5.75 Å². The predicted molar refractivity (Wildman–Crippen MR) is 78.9 cm³/mol. The summed E-state index contributed by atoms with van der Waals surface area (Å²) in [6.45, 7) is -0.0383. The first kappa shape index (κ1) is 15.1. The van der Waals surface area contributed by atoms with E-state index < -0.39 is 11.8 Å². The number of ether oxygens (including phenoxy) is 1. The van der Waals surface area contributed by atoms with E-state index in [9.17, 15) is 9.18 Å². The SMILES string of the molecule is O=C(O)/C=C/c1ccccc1OCc1c(F)cccc1Cl. The van der Waals surface area contributed by atoms with Crippen LogP contribution in [0.2, 0.25) is 5.02 Å². The minimum atomic E-state index is -1.05. The maximum absolute atomic E-state index is 13.7. The lowest BCUT2D eigenvalue weighted by Crippen LogP contribution is -2.00. The van der Waals surface area contributed by atoms with Crippen LogP contribution in [-0.2, 0) is 11.4 Å². The molecule has 0 spiro atoms. The molecule has 0 saturated carbocycles. The standard InChI is InChI=1S/C16H12ClFO3/c17-13-5-3-6-14(18)12(13)10-21-15-7-2-1-4-11(15)8-9-16(19)20/h1-9H,10H2,(H,19,20)/b9-8+. The number of benzene rings is 2. The predicted octanol–water partition coefficient (Wildman–Crippen LogP) is 4.16. The fourth-order valence-corrected chi connectivity index (χ4v) is 1.95. The number of carboxylic acid groups (broad SMARTS) is 1. The number of hydrogen-bond acceptors (Lipinski definition) is 2. The third kappa shape index (κ3) is 4.07. The van der Waals surface area contributed by atoms with Gasteiger partial charge in [-0.1, -0.05) is 35.9 Å². The summed E-state index contributed by atoms with van der Waals surface area (Å²) in [6, 6.07) is 11.3. The summed E-state index contributed by atoms with van der Waals surface area (Å²) in [5.41, 5.74) is 0.851. The number of halogens is 2. The maximum Gasteiger partial charge on any atom is 0.328 e. The Morgan fingerprint density at radius 3 is 2.71 bits per heavy atom. The minimum absolute atomic E-state index is 0.0383. The Labute approximate surface area is 126 Å². The summed E-state index contributed by atoms with van der Waals surface area (Å²) < 4.78 is 19.2. The van der Waals surface area contributed by atoms with Crippen molar-refractivity contribution in [3.63, 3.8) is 0 Å². The average molecular weight is 307 g/mol. The Bertz CT molecular complexity index is 663. The van der Waals surface area contributed by atoms with Crippen LogP contribution < -0.4 is 4.74 Å². The van der Waals surface area contributed by atoms with Crippen LogP contribution in [0.5, 0.6) is 5.75 Å². The van der Waals surface area contributed by atoms with Gasteiger partial charge in [-0.25, -0.2) is 9.18 Å². The number of hydrogen-bond donors (Lipinski definition) is 1. The highest BCUT2D eigenvalue weighted by Crippen LogP contribution is 2.24. The van der Waals surface area contributed by atoms with Gasteiger partial charge in [-0.05, 0) is 24.3 Å². The van der Waals surface area contributed by atoms with Gasteiger partial charge < -0.3 is 9.84 Å². The van der Waals surface area contributed by atoms with Gasteiger partial charge in [0.2, 0.25) is 0 Å². The van der Waals surface area contributed by atoms with E-state index in [0.717, 1.165) is 6.08 Å². The summed E-state index contributed by atoms with van der Waals surface area (Å²) in [7, 11) is 0. The molecule has 0 bridgehead atoms. The fourth-order valence-electron chi connectivity index (χ4n) is 1.73. The second-order valence-electron chi connectivity index (χ2n) is 4.20. The molecule has 108 valence electrons. The normalized spacial score (nSPS) is 10.8. The molecule has 0 aromatic heterocycles. The highest BCUT2D eigenvalue weighted by atomic mass is 35.5. The molecule has 0 fully saturated rings. The lowest BCUT2D eigenvalue weighted by Gasteiger charge is -2.11. The monoisotopic (exact) mass is 306 g/mol. The highest BCUT2D eigenvalue weighted by molar-refractivity contribution is 6.31. The van der Waals surface area contributed by atoms with Gasteiger partial charge >= 0.3 is 5.97 Å². The van der Waals surface area contributed by atoms with Crippen molar-refractivity contribution in [1.82, 2.24) is 0 Å². The van der Waals surface area contributed by atoms with Crippen molar-refractivity contribution in [2.45, 2.75) is 6.61 Å². The van der Waals surface area contributed by atoms with E-state index in [4.69, 9.17) is 21.4 Å². The minimum Gasteiger partial charge on any atom is -0.488 e. The Hall–Kier alpha value is -2.33. The molecular formula is C16H12ClFO3. The number of para-hydroxylation sites is 1. The maximum atomic E-state index is 13.7. The molecule has 0 amide bonds. The van der Waals surface area contributed by atoms with Gasteiger partial charge in [0.25, 0.3) is 0 Å². The van der Waals surface area contributed by atoms with Gasteiger partial charge in [0.05, 0.1) is 5.02 Å². The first-order valence-corrected chi connectivity index (χ1v) is 6.51. The Morgan fingerprint density at radius 2 is 2.00 bits per heavy atom. The summed E-state index contributed by atoms with van der Waals surface area (Å²) in [6.07, 6.45) is 2.43. The summed E-state index contributed by atoms with van der Waals surface area (Å²) >= 11 is 5.93. The van der Waals surface area contributed by atoms with Crippen LogP contribution in [-0.4, -0.2) is 11.1 Å². The zero-order valence-corrected chi connectivity index (χ0v) is 11.7. The van der Waals surface area contributed by atoms with Crippen LogP contribution in [0.4, 0.5) is 4.39 Å². The van der Waals surface area contributed by atoms with E-state index >= 15 is 0 Å². The lowest BCUT2D eigenvalue weighted by molar-refractivity contribution is -0.131. The molecule has 5 heteroatoms. The number of carbonyl (C=O) groups is 1. The van der Waals surface area contributed by atoms with E-state index in [1.54, 1.807) is 30.3 Å². The van der Waals surface area contributed by atoms with Crippen molar-refractivity contribution in [1.29, 1.82) is 0 Å². The van der Waals surface area contributed by atoms with Gasteiger partial charge in [-0.3, -0.25) is 0 Å². The Balaban J connectivity index is 2.19. The Kier molecular flexibility index (Phi) is 4.95. The van der Waals surface area contributed by atoms with Crippen LogP contribution in [0.3, 0.4) is 0 Å². The van der Waals surface area contributed by atoms with E-state index in [1.165, 1.54) is 18.2 Å². The third-order valence-corrected chi connectivity index (χ3v) is 3.11. The van der Waals surface area contributed by atoms with Crippen molar-refractivity contribution in [2.24, 2.45) is 0 Å². The number of rotatable bonds is 5. The van der Waals surface area contributed by atoms with E-state index in [-0.39, 0.29) is 17.2 Å². The van der Waals surface area contributed by atoms with Gasteiger partial charge in [-0.2, -0.15) is 0 Å².